The lowest BCUT2D eigenvalue weighted by atomic mass is 9.89. The van der Waals surface area contributed by atoms with E-state index in [9.17, 15) is 14.9 Å². The molecule has 3 amide bonds. The lowest BCUT2D eigenvalue weighted by Crippen LogP contribution is -2.36. The van der Waals surface area contributed by atoms with Crippen molar-refractivity contribution in [3.8, 4) is 29.5 Å². The summed E-state index contributed by atoms with van der Waals surface area (Å²) in [5.74, 6) is 2.70. The van der Waals surface area contributed by atoms with Gasteiger partial charge in [-0.1, -0.05) is 30.3 Å². The molecule has 0 bridgehead atoms. The standard InChI is InChI=1S/C24H20N6O3S/c1-2-21-29-20(13-34-21)30-23(32)28-19(12-33-22(26)31)18-8-7-15(11-27-18)16-5-3-4-6-17(16)24(14-25)9-10-24/h1,3-8,11,13,19H,9-10,12H2,(H2,26,31)(H2,28,30,32)/t19-/m0/s1. The van der Waals surface area contributed by atoms with Crippen LogP contribution in [-0.4, -0.2) is 28.7 Å². The molecule has 34 heavy (non-hydrogen) atoms. The number of hydrogen-bond donors (Lipinski definition) is 3. The van der Waals surface area contributed by atoms with Crippen molar-refractivity contribution in [2.75, 3.05) is 11.9 Å². The van der Waals surface area contributed by atoms with E-state index in [1.165, 1.54) is 11.3 Å². The molecule has 1 aromatic carbocycles. The summed E-state index contributed by atoms with van der Waals surface area (Å²) in [6.07, 6.45) is 7.66. The number of ether oxygens (including phenoxy) is 1. The van der Waals surface area contributed by atoms with Crippen molar-refractivity contribution in [3.63, 3.8) is 0 Å². The molecule has 0 radical (unpaired) electrons. The molecule has 0 saturated heterocycles. The van der Waals surface area contributed by atoms with E-state index >= 15 is 0 Å². The van der Waals surface area contributed by atoms with Crippen LogP contribution < -0.4 is 16.4 Å². The van der Waals surface area contributed by atoms with E-state index in [4.69, 9.17) is 16.9 Å². The molecule has 4 N–H and O–H groups in total. The summed E-state index contributed by atoms with van der Waals surface area (Å²) in [6.45, 7) is -0.212. The van der Waals surface area contributed by atoms with Crippen LogP contribution in [0.1, 0.15) is 35.1 Å². The van der Waals surface area contributed by atoms with Gasteiger partial charge in [0.2, 0.25) is 0 Å². The molecule has 9 nitrogen and oxygen atoms in total. The number of anilines is 1. The number of hydrogen-bond acceptors (Lipinski definition) is 7. The van der Waals surface area contributed by atoms with Gasteiger partial charge >= 0.3 is 12.1 Å². The van der Waals surface area contributed by atoms with Crippen molar-refractivity contribution in [1.82, 2.24) is 15.3 Å². The van der Waals surface area contributed by atoms with Crippen LogP contribution >= 0.6 is 11.3 Å². The molecule has 2 aromatic heterocycles. The summed E-state index contributed by atoms with van der Waals surface area (Å²) < 4.78 is 4.91. The van der Waals surface area contributed by atoms with Crippen molar-refractivity contribution in [3.05, 3.63) is 64.2 Å². The summed E-state index contributed by atoms with van der Waals surface area (Å²) >= 11 is 1.22. The fraction of sp³-hybridized carbons (Fsp3) is 0.208. The molecule has 1 atom stereocenters. The summed E-state index contributed by atoms with van der Waals surface area (Å²) in [4.78, 5) is 32.2. The maximum atomic E-state index is 12.5. The highest BCUT2D eigenvalue weighted by atomic mass is 32.1. The first-order valence-corrected chi connectivity index (χ1v) is 11.2. The predicted molar refractivity (Wildman–Crippen MR) is 127 cm³/mol. The van der Waals surface area contributed by atoms with Gasteiger partial charge in [-0.15, -0.1) is 17.8 Å². The van der Waals surface area contributed by atoms with Gasteiger partial charge < -0.3 is 15.8 Å². The second-order valence-electron chi connectivity index (χ2n) is 7.67. The third kappa shape index (κ3) is 4.98. The number of nitriles is 1. The number of benzene rings is 1. The van der Waals surface area contributed by atoms with Gasteiger partial charge in [-0.3, -0.25) is 10.3 Å². The van der Waals surface area contributed by atoms with Gasteiger partial charge in [0.05, 0.1) is 17.2 Å². The van der Waals surface area contributed by atoms with E-state index in [1.54, 1.807) is 17.6 Å². The van der Waals surface area contributed by atoms with E-state index in [1.807, 2.05) is 30.3 Å². The Labute approximate surface area is 200 Å². The Morgan fingerprint density at radius 1 is 1.29 bits per heavy atom. The fourth-order valence-electron chi connectivity index (χ4n) is 3.56. The van der Waals surface area contributed by atoms with Crippen LogP contribution in [0, 0.1) is 23.7 Å². The minimum atomic E-state index is -0.970. The number of primary amides is 1. The number of terminal acetylenes is 1. The van der Waals surface area contributed by atoms with Gasteiger partial charge in [0.25, 0.3) is 0 Å². The smallest absolute Gasteiger partial charge is 0.404 e. The second kappa shape index (κ2) is 9.61. The van der Waals surface area contributed by atoms with Crippen molar-refractivity contribution in [2.24, 2.45) is 5.73 Å². The summed E-state index contributed by atoms with van der Waals surface area (Å²) in [5.41, 5.74) is 7.87. The zero-order valence-electron chi connectivity index (χ0n) is 17.9. The molecule has 1 aliphatic carbocycles. The number of amides is 3. The monoisotopic (exact) mass is 472 g/mol. The first-order valence-electron chi connectivity index (χ1n) is 10.3. The average Bonchev–Trinajstić information content (AvgIpc) is 3.53. The molecule has 170 valence electrons. The number of nitrogens with one attached hydrogen (secondary N) is 2. The van der Waals surface area contributed by atoms with E-state index in [0.29, 0.717) is 16.5 Å². The Kier molecular flexibility index (Phi) is 6.44. The zero-order valence-corrected chi connectivity index (χ0v) is 18.8. The Morgan fingerprint density at radius 3 is 2.71 bits per heavy atom. The molecule has 0 aliphatic heterocycles. The van der Waals surface area contributed by atoms with E-state index < -0.39 is 23.6 Å². The van der Waals surface area contributed by atoms with Crippen LogP contribution in [-0.2, 0) is 10.2 Å². The Bertz CT molecular complexity index is 1300. The lowest BCUT2D eigenvalue weighted by Gasteiger charge is -2.19. The quantitative estimate of drug-likeness (QED) is 0.448. The molecule has 4 rings (SSSR count). The molecule has 1 aliphatic rings. The van der Waals surface area contributed by atoms with Gasteiger partial charge in [0.15, 0.2) is 5.01 Å². The number of carbonyl (C=O) groups is 2. The fourth-order valence-corrected chi connectivity index (χ4v) is 4.12. The largest absolute Gasteiger partial charge is 0.447 e. The van der Waals surface area contributed by atoms with Crippen LogP contribution in [0.4, 0.5) is 15.4 Å². The minimum absolute atomic E-state index is 0.212. The summed E-state index contributed by atoms with van der Waals surface area (Å²) in [5, 5.41) is 17.0. The highest BCUT2D eigenvalue weighted by molar-refractivity contribution is 7.10. The van der Waals surface area contributed by atoms with Crippen molar-refractivity contribution >= 4 is 29.3 Å². The van der Waals surface area contributed by atoms with Crippen LogP contribution in [0.3, 0.4) is 0 Å². The number of nitrogens with zero attached hydrogens (tertiary/aromatic N) is 3. The van der Waals surface area contributed by atoms with Crippen LogP contribution in [0.5, 0.6) is 0 Å². The minimum Gasteiger partial charge on any atom is -0.447 e. The average molecular weight is 473 g/mol. The molecule has 3 aromatic rings. The molecule has 2 heterocycles. The SMILES string of the molecule is C#Cc1nc(NC(=O)N[C@@H](COC(N)=O)c2ccc(-c3ccccc3C3(C#N)CC3)cn2)cs1. The number of aromatic nitrogens is 2. The topological polar surface area (TPSA) is 143 Å². The first-order chi connectivity index (χ1) is 16.4. The Hall–Kier alpha value is -4.41. The third-order valence-electron chi connectivity index (χ3n) is 5.43. The number of nitrogens with two attached hydrogens (primary N) is 1. The highest BCUT2D eigenvalue weighted by Gasteiger charge is 2.46. The maximum absolute atomic E-state index is 12.5. The molecule has 0 unspecified atom stereocenters. The third-order valence-corrected chi connectivity index (χ3v) is 6.20. The highest BCUT2D eigenvalue weighted by Crippen LogP contribution is 2.50. The lowest BCUT2D eigenvalue weighted by molar-refractivity contribution is 0.143. The van der Waals surface area contributed by atoms with E-state index in [-0.39, 0.29) is 6.61 Å². The predicted octanol–water partition coefficient (Wildman–Crippen LogP) is 3.70. The van der Waals surface area contributed by atoms with Gasteiger partial charge in [-0.2, -0.15) is 5.26 Å². The number of carbonyl (C=O) groups excluding carboxylic acids is 2. The molecular weight excluding hydrogens is 452 g/mol. The number of pyridine rings is 1. The van der Waals surface area contributed by atoms with Gasteiger partial charge in [0.1, 0.15) is 18.5 Å². The Balaban J connectivity index is 1.54. The normalized spacial score (nSPS) is 14.2. The van der Waals surface area contributed by atoms with E-state index in [0.717, 1.165) is 29.5 Å². The van der Waals surface area contributed by atoms with Crippen molar-refractivity contribution in [1.29, 1.82) is 5.26 Å². The van der Waals surface area contributed by atoms with Crippen LogP contribution in [0.25, 0.3) is 11.1 Å². The molecular formula is C24H20N6O3S. The molecule has 0 spiro atoms. The maximum Gasteiger partial charge on any atom is 0.404 e. The first kappa shape index (κ1) is 22.8. The van der Waals surface area contributed by atoms with Crippen LogP contribution in [0.2, 0.25) is 0 Å². The number of urea groups is 1. The number of rotatable bonds is 7. The molecule has 1 fully saturated rings. The van der Waals surface area contributed by atoms with Gasteiger partial charge in [0, 0.05) is 17.1 Å². The van der Waals surface area contributed by atoms with Crippen LogP contribution in [0.15, 0.2) is 48.0 Å². The summed E-state index contributed by atoms with van der Waals surface area (Å²) in [6, 6.07) is 12.4. The van der Waals surface area contributed by atoms with Gasteiger partial charge in [-0.05, 0) is 36.0 Å². The summed E-state index contributed by atoms with van der Waals surface area (Å²) in [7, 11) is 0. The molecule has 10 heteroatoms. The van der Waals surface area contributed by atoms with Gasteiger partial charge in [-0.25, -0.2) is 14.6 Å². The molecule has 1 saturated carbocycles. The second-order valence-corrected chi connectivity index (χ2v) is 8.53. The Morgan fingerprint density at radius 2 is 2.09 bits per heavy atom. The zero-order chi connectivity index (χ0) is 24.1. The number of thiazole rings is 1. The van der Waals surface area contributed by atoms with E-state index in [2.05, 4.69) is 32.6 Å². The van der Waals surface area contributed by atoms with Crippen molar-refractivity contribution in [2.45, 2.75) is 24.3 Å². The van der Waals surface area contributed by atoms with Crippen molar-refractivity contribution < 1.29 is 14.3 Å².